The van der Waals surface area contributed by atoms with Crippen LogP contribution in [0.5, 0.6) is 0 Å². The summed E-state index contributed by atoms with van der Waals surface area (Å²) < 4.78 is 25.5. The van der Waals surface area contributed by atoms with Gasteiger partial charge in [-0.2, -0.15) is 8.42 Å². The van der Waals surface area contributed by atoms with E-state index in [1.54, 1.807) is 6.92 Å². The highest BCUT2D eigenvalue weighted by Crippen LogP contribution is 2.19. The van der Waals surface area contributed by atoms with E-state index >= 15 is 0 Å². The molecule has 0 fully saturated rings. The number of pyridine rings is 1. The fraction of sp³-hybridized carbons (Fsp3) is 0.174. The number of halogens is 1. The molecule has 0 saturated carbocycles. The number of carbonyl (C=O) groups is 1. The van der Waals surface area contributed by atoms with Gasteiger partial charge in [0, 0.05) is 21.6 Å². The van der Waals surface area contributed by atoms with Gasteiger partial charge in [-0.25, -0.2) is 4.98 Å². The van der Waals surface area contributed by atoms with Crippen molar-refractivity contribution in [3.05, 3.63) is 76.4 Å². The van der Waals surface area contributed by atoms with Crippen LogP contribution in [0.2, 0.25) is 0 Å². The number of ether oxygens (including phenoxy) is 1. The molecule has 0 saturated heterocycles. The topological polar surface area (TPSA) is 73.3 Å². The summed E-state index contributed by atoms with van der Waals surface area (Å²) >= 11 is 3.47. The van der Waals surface area contributed by atoms with E-state index in [1.165, 1.54) is 5.56 Å². The van der Waals surface area contributed by atoms with Crippen LogP contribution in [0, 0.1) is 0 Å². The number of rotatable bonds is 6. The van der Waals surface area contributed by atoms with Gasteiger partial charge in [0.1, 0.15) is 0 Å². The number of carbonyl (C=O) groups excluding carboxylic acids is 1. The molecular weight excluding hydrogens is 466 g/mol. The van der Waals surface area contributed by atoms with E-state index in [4.69, 9.17) is 0 Å². The van der Waals surface area contributed by atoms with Crippen LogP contribution in [0.25, 0.3) is 23.1 Å². The maximum absolute atomic E-state index is 10.6. The minimum absolute atomic E-state index is 0.127. The first-order valence-electron chi connectivity index (χ1n) is 9.34. The third-order valence-corrected chi connectivity index (χ3v) is 4.83. The molecule has 156 valence electrons. The van der Waals surface area contributed by atoms with Gasteiger partial charge in [-0.1, -0.05) is 64.5 Å². The van der Waals surface area contributed by atoms with E-state index in [-0.39, 0.29) is 18.8 Å². The van der Waals surface area contributed by atoms with Crippen molar-refractivity contribution in [2.45, 2.75) is 19.8 Å². The average molecular weight is 488 g/mol. The van der Waals surface area contributed by atoms with E-state index in [0.717, 1.165) is 26.4 Å². The predicted octanol–water partition coefficient (Wildman–Crippen LogP) is 5.18. The first-order valence-corrected chi connectivity index (χ1v) is 11.3. The Labute approximate surface area is 186 Å². The van der Waals surface area contributed by atoms with E-state index < -0.39 is 10.3 Å². The van der Waals surface area contributed by atoms with Crippen LogP contribution in [0.15, 0.2) is 65.1 Å². The molecule has 0 spiro atoms. The van der Waals surface area contributed by atoms with Crippen LogP contribution in [-0.2, 0) is 19.8 Å². The van der Waals surface area contributed by atoms with Crippen LogP contribution >= 0.6 is 15.9 Å². The molecular formula is C23H22BrNO4S. The molecule has 1 heterocycles. The molecule has 0 aliphatic carbocycles. The largest absolute Gasteiger partial charge is 0.466 e. The minimum atomic E-state index is -2.17. The van der Waals surface area contributed by atoms with Crippen molar-refractivity contribution in [1.82, 2.24) is 4.98 Å². The highest BCUT2D eigenvalue weighted by atomic mass is 79.9. The minimum Gasteiger partial charge on any atom is -0.466 e. The zero-order chi connectivity index (χ0) is 21.8. The molecule has 0 radical (unpaired) electrons. The lowest BCUT2D eigenvalue weighted by Crippen LogP contribution is -2.03. The fourth-order valence-electron chi connectivity index (χ4n) is 2.45. The van der Waals surface area contributed by atoms with Crippen molar-refractivity contribution < 1.29 is 17.9 Å². The van der Waals surface area contributed by atoms with Gasteiger partial charge >= 0.3 is 5.97 Å². The van der Waals surface area contributed by atoms with E-state index in [1.807, 2.05) is 42.5 Å². The van der Waals surface area contributed by atoms with Crippen molar-refractivity contribution >= 4 is 60.6 Å². The molecule has 2 aromatic carbocycles. The summed E-state index contributed by atoms with van der Waals surface area (Å²) in [6.07, 6.45) is 4.46. The molecule has 3 aromatic rings. The molecule has 0 atom stereocenters. The molecule has 0 N–H and O–H groups in total. The first-order chi connectivity index (χ1) is 14.5. The third kappa shape index (κ3) is 8.71. The van der Waals surface area contributed by atoms with Crippen molar-refractivity contribution in [1.29, 1.82) is 0 Å². The first kappa shape index (κ1) is 23.5. The van der Waals surface area contributed by atoms with Crippen LogP contribution in [0.4, 0.5) is 0 Å². The van der Waals surface area contributed by atoms with E-state index in [0.29, 0.717) is 6.61 Å². The van der Waals surface area contributed by atoms with E-state index in [9.17, 15) is 13.2 Å². The summed E-state index contributed by atoms with van der Waals surface area (Å²) in [7, 11) is -2.17. The second-order valence-corrected chi connectivity index (χ2v) is 7.86. The van der Waals surface area contributed by atoms with E-state index in [2.05, 4.69) is 56.0 Å². The van der Waals surface area contributed by atoms with Crippen LogP contribution < -0.4 is 0 Å². The lowest BCUT2D eigenvalue weighted by Gasteiger charge is -2.00. The summed E-state index contributed by atoms with van der Waals surface area (Å²) in [5, 5.41) is 2.19. The Morgan fingerprint density at radius 1 is 1.07 bits per heavy atom. The quantitative estimate of drug-likeness (QED) is 0.353. The lowest BCUT2D eigenvalue weighted by atomic mass is 10.1. The zero-order valence-corrected chi connectivity index (χ0v) is 18.9. The van der Waals surface area contributed by atoms with Gasteiger partial charge in [-0.3, -0.25) is 4.79 Å². The molecule has 0 amide bonds. The highest BCUT2D eigenvalue weighted by molar-refractivity contribution is 9.10. The predicted molar refractivity (Wildman–Crippen MR) is 126 cm³/mol. The Hall–Kier alpha value is -2.77. The normalized spacial score (nSPS) is 10.3. The van der Waals surface area contributed by atoms with Crippen LogP contribution in [-0.4, -0.2) is 31.3 Å². The second kappa shape index (κ2) is 12.7. The number of benzene rings is 2. The average Bonchev–Trinajstić information content (AvgIpc) is 2.73. The smallest absolute Gasteiger partial charge is 0.306 e. The zero-order valence-electron chi connectivity index (χ0n) is 16.5. The number of esters is 1. The van der Waals surface area contributed by atoms with Crippen molar-refractivity contribution in [3.63, 3.8) is 0 Å². The maximum atomic E-state index is 10.6. The van der Waals surface area contributed by atoms with Crippen molar-refractivity contribution in [3.8, 4) is 0 Å². The summed E-state index contributed by atoms with van der Waals surface area (Å²) in [6.45, 7) is 2.03. The summed E-state index contributed by atoms with van der Waals surface area (Å²) in [4.78, 5) is 15.2. The molecule has 30 heavy (non-hydrogen) atoms. The highest BCUT2D eigenvalue weighted by Gasteiger charge is 1.98. The molecule has 3 rings (SSSR count). The van der Waals surface area contributed by atoms with Crippen molar-refractivity contribution in [2.24, 2.45) is 0 Å². The fourth-order valence-corrected chi connectivity index (χ4v) is 3.11. The molecule has 7 heteroatoms. The number of hydrogen-bond acceptors (Lipinski definition) is 5. The van der Waals surface area contributed by atoms with Gasteiger partial charge in [-0.05, 0) is 43.2 Å². The Morgan fingerprint density at radius 3 is 2.50 bits per heavy atom. The Morgan fingerprint density at radius 2 is 1.80 bits per heavy atom. The van der Waals surface area contributed by atoms with Crippen LogP contribution in [0.1, 0.15) is 31.0 Å². The van der Waals surface area contributed by atoms with Gasteiger partial charge in [0.05, 0.1) is 17.8 Å². The number of hydrogen-bond donors (Lipinski definition) is 0. The monoisotopic (exact) mass is 487 g/mol. The number of aromatic nitrogens is 1. The molecule has 0 aliphatic heterocycles. The number of nitrogens with zero attached hydrogens (tertiary/aromatic N) is 1. The van der Waals surface area contributed by atoms with Gasteiger partial charge in [0.25, 0.3) is 0 Å². The number of fused-ring (bicyclic) bond motifs is 1. The Balaban J connectivity index is 0.000000252. The Kier molecular flexibility index (Phi) is 9.97. The lowest BCUT2D eigenvalue weighted by molar-refractivity contribution is -0.142. The van der Waals surface area contributed by atoms with Gasteiger partial charge in [0.2, 0.25) is 10.3 Å². The maximum Gasteiger partial charge on any atom is 0.306 e. The summed E-state index contributed by atoms with van der Waals surface area (Å²) in [5.74, 6) is -0.366. The van der Waals surface area contributed by atoms with Crippen LogP contribution in [0.3, 0.4) is 0 Å². The standard InChI is InChI=1S/C17H12BrN.C6H10O4S/c18-15-9-7-14-8-11-16(19-17(14)12-15)10-6-13-4-2-1-3-5-13;1-2-10-6(7)4-3-5-11(8)9/h1-12H;5H,2-4H2,1H3. The molecule has 0 bridgehead atoms. The second-order valence-electron chi connectivity index (χ2n) is 6.09. The van der Waals surface area contributed by atoms with Gasteiger partial charge in [0.15, 0.2) is 0 Å². The molecule has 0 unspecified atom stereocenters. The van der Waals surface area contributed by atoms with Crippen molar-refractivity contribution in [2.75, 3.05) is 6.61 Å². The Bertz CT molecular complexity index is 1130. The molecule has 0 aliphatic rings. The SMILES string of the molecule is Brc1ccc2ccc(C=Cc3ccccc3)nc2c1.CCOC(=O)CCC=S(=O)=O. The molecule has 1 aromatic heterocycles. The third-order valence-electron chi connectivity index (χ3n) is 3.83. The summed E-state index contributed by atoms with van der Waals surface area (Å²) in [5.41, 5.74) is 3.15. The summed E-state index contributed by atoms with van der Waals surface area (Å²) in [6, 6.07) is 20.5. The molecule has 5 nitrogen and oxygen atoms in total. The van der Waals surface area contributed by atoms with Gasteiger partial charge < -0.3 is 4.74 Å². The van der Waals surface area contributed by atoms with Gasteiger partial charge in [-0.15, -0.1) is 0 Å².